The summed E-state index contributed by atoms with van der Waals surface area (Å²) in [4.78, 5) is 34.6. The number of halogens is 1. The van der Waals surface area contributed by atoms with Crippen LogP contribution in [0.2, 0.25) is 5.02 Å². The van der Waals surface area contributed by atoms with E-state index < -0.39 is 17.9 Å². The summed E-state index contributed by atoms with van der Waals surface area (Å²) < 4.78 is 4.93. The summed E-state index contributed by atoms with van der Waals surface area (Å²) in [7, 11) is 2.66. The summed E-state index contributed by atoms with van der Waals surface area (Å²) in [6.45, 7) is -0.270. The van der Waals surface area contributed by atoms with E-state index in [1.54, 1.807) is 0 Å². The van der Waals surface area contributed by atoms with Crippen LogP contribution < -0.4 is 15.8 Å². The Bertz CT molecular complexity index is 591. The number of hydrogen-bond donors (Lipinski definition) is 3. The van der Waals surface area contributed by atoms with E-state index in [0.717, 1.165) is 11.0 Å². The van der Waals surface area contributed by atoms with Crippen LogP contribution >= 0.6 is 11.6 Å². The van der Waals surface area contributed by atoms with Crippen LogP contribution in [0.15, 0.2) is 12.1 Å². The standard InChI is InChI=1S/C12H14ClN3O5/c1-16(5-10(14)17)12(20)15-8-4-9(21-2)6(11(18)19)3-7(8)13/h3-4H,5H2,1-2H3,(H2,14,17)(H,15,20)(H,18,19). The van der Waals surface area contributed by atoms with Crippen molar-refractivity contribution in [3.8, 4) is 5.75 Å². The number of nitrogens with two attached hydrogens (primary N) is 1. The average molecular weight is 316 g/mol. The smallest absolute Gasteiger partial charge is 0.339 e. The lowest BCUT2D eigenvalue weighted by atomic mass is 10.2. The second-order valence-electron chi connectivity index (χ2n) is 4.09. The van der Waals surface area contributed by atoms with Gasteiger partial charge in [0.1, 0.15) is 17.9 Å². The third-order valence-corrected chi connectivity index (χ3v) is 2.81. The lowest BCUT2D eigenvalue weighted by Gasteiger charge is -2.17. The number of carbonyl (C=O) groups is 3. The molecule has 0 heterocycles. The highest BCUT2D eigenvalue weighted by Gasteiger charge is 2.18. The number of amides is 3. The molecule has 0 aliphatic rings. The van der Waals surface area contributed by atoms with Crippen LogP contribution in [0.3, 0.4) is 0 Å². The number of primary amides is 1. The molecule has 0 aliphatic carbocycles. The minimum atomic E-state index is -1.21. The summed E-state index contributed by atoms with van der Waals surface area (Å²) in [6, 6.07) is 1.81. The number of hydrogen-bond acceptors (Lipinski definition) is 4. The topological polar surface area (TPSA) is 122 Å². The van der Waals surface area contributed by atoms with Gasteiger partial charge in [-0.3, -0.25) is 4.79 Å². The molecule has 1 rings (SSSR count). The van der Waals surface area contributed by atoms with Crippen LogP contribution in [0, 0.1) is 0 Å². The Labute approximate surface area is 125 Å². The molecule has 0 saturated carbocycles. The zero-order valence-corrected chi connectivity index (χ0v) is 12.1. The van der Waals surface area contributed by atoms with E-state index in [1.807, 2.05) is 0 Å². The van der Waals surface area contributed by atoms with Crippen molar-refractivity contribution in [3.63, 3.8) is 0 Å². The predicted molar refractivity (Wildman–Crippen MR) is 75.8 cm³/mol. The quantitative estimate of drug-likeness (QED) is 0.748. The number of ether oxygens (including phenoxy) is 1. The van der Waals surface area contributed by atoms with Crippen LogP contribution in [0.1, 0.15) is 10.4 Å². The molecule has 114 valence electrons. The fraction of sp³-hybridized carbons (Fsp3) is 0.250. The maximum Gasteiger partial charge on any atom is 0.339 e. The van der Waals surface area contributed by atoms with E-state index >= 15 is 0 Å². The molecule has 4 N–H and O–H groups in total. The van der Waals surface area contributed by atoms with Crippen LogP contribution in [-0.4, -0.2) is 48.6 Å². The Balaban J connectivity index is 3.01. The molecule has 0 unspecified atom stereocenters. The first-order chi connectivity index (χ1) is 9.76. The first-order valence-electron chi connectivity index (χ1n) is 5.67. The number of carboxylic acid groups (broad SMARTS) is 1. The Hall–Kier alpha value is -2.48. The van der Waals surface area contributed by atoms with Crippen molar-refractivity contribution in [1.29, 1.82) is 0 Å². The molecule has 0 radical (unpaired) electrons. The first-order valence-corrected chi connectivity index (χ1v) is 6.05. The Morgan fingerprint density at radius 3 is 2.52 bits per heavy atom. The monoisotopic (exact) mass is 315 g/mol. The van der Waals surface area contributed by atoms with Gasteiger partial charge < -0.3 is 25.8 Å². The molecule has 0 bridgehead atoms. The number of methoxy groups -OCH3 is 1. The summed E-state index contributed by atoms with van der Waals surface area (Å²) in [6.07, 6.45) is 0. The summed E-state index contributed by atoms with van der Waals surface area (Å²) >= 11 is 5.91. The molecular formula is C12H14ClN3O5. The Kier molecular flexibility index (Phi) is 5.37. The maximum absolute atomic E-state index is 11.8. The van der Waals surface area contributed by atoms with Crippen LogP contribution in [0.5, 0.6) is 5.75 Å². The normalized spacial score (nSPS) is 9.86. The van der Waals surface area contributed by atoms with Gasteiger partial charge in [0.25, 0.3) is 0 Å². The molecule has 0 fully saturated rings. The van der Waals surface area contributed by atoms with E-state index in [2.05, 4.69) is 5.32 Å². The Morgan fingerprint density at radius 2 is 2.05 bits per heavy atom. The molecule has 1 aromatic carbocycles. The predicted octanol–water partition coefficient (Wildman–Crippen LogP) is 0.996. The highest BCUT2D eigenvalue weighted by Crippen LogP contribution is 2.31. The van der Waals surface area contributed by atoms with Crippen LogP contribution in [0.25, 0.3) is 0 Å². The van der Waals surface area contributed by atoms with Crippen molar-refractivity contribution in [2.45, 2.75) is 0 Å². The number of anilines is 1. The third-order valence-electron chi connectivity index (χ3n) is 2.50. The highest BCUT2D eigenvalue weighted by molar-refractivity contribution is 6.34. The summed E-state index contributed by atoms with van der Waals surface area (Å²) in [5, 5.41) is 11.4. The van der Waals surface area contributed by atoms with E-state index in [-0.39, 0.29) is 28.6 Å². The molecule has 0 atom stereocenters. The minimum Gasteiger partial charge on any atom is -0.496 e. The van der Waals surface area contributed by atoms with Crippen molar-refractivity contribution in [2.75, 3.05) is 26.0 Å². The van der Waals surface area contributed by atoms with Gasteiger partial charge in [-0.2, -0.15) is 0 Å². The zero-order valence-electron chi connectivity index (χ0n) is 11.3. The number of likely N-dealkylation sites (N-methyl/N-ethyl adjacent to an activating group) is 1. The van der Waals surface area contributed by atoms with E-state index in [4.69, 9.17) is 27.2 Å². The molecule has 8 nitrogen and oxygen atoms in total. The number of urea groups is 1. The number of carboxylic acids is 1. The van der Waals surface area contributed by atoms with Gasteiger partial charge in [0.15, 0.2) is 0 Å². The van der Waals surface area contributed by atoms with E-state index in [9.17, 15) is 14.4 Å². The molecule has 21 heavy (non-hydrogen) atoms. The summed E-state index contributed by atoms with van der Waals surface area (Å²) in [5.41, 5.74) is 5.00. The van der Waals surface area contributed by atoms with Crippen molar-refractivity contribution < 1.29 is 24.2 Å². The minimum absolute atomic E-state index is 0.0222. The summed E-state index contributed by atoms with van der Waals surface area (Å²) in [5.74, 6) is -1.84. The fourth-order valence-corrected chi connectivity index (χ4v) is 1.71. The molecule has 3 amide bonds. The highest BCUT2D eigenvalue weighted by atomic mass is 35.5. The molecule has 0 aromatic heterocycles. The number of carbonyl (C=O) groups excluding carboxylic acids is 2. The van der Waals surface area contributed by atoms with Gasteiger partial charge >= 0.3 is 12.0 Å². The van der Waals surface area contributed by atoms with Crippen molar-refractivity contribution >= 4 is 35.2 Å². The van der Waals surface area contributed by atoms with Crippen molar-refractivity contribution in [1.82, 2.24) is 4.90 Å². The lowest BCUT2D eigenvalue weighted by Crippen LogP contribution is -2.38. The van der Waals surface area contributed by atoms with Crippen LogP contribution in [-0.2, 0) is 4.79 Å². The van der Waals surface area contributed by atoms with Gasteiger partial charge in [-0.25, -0.2) is 9.59 Å². The number of nitrogens with zero attached hydrogens (tertiary/aromatic N) is 1. The lowest BCUT2D eigenvalue weighted by molar-refractivity contribution is -0.118. The average Bonchev–Trinajstić information content (AvgIpc) is 2.39. The van der Waals surface area contributed by atoms with Crippen molar-refractivity contribution in [2.24, 2.45) is 5.73 Å². The maximum atomic E-state index is 11.8. The third kappa shape index (κ3) is 4.25. The number of rotatable bonds is 5. The molecule has 0 spiro atoms. The van der Waals surface area contributed by atoms with E-state index in [1.165, 1.54) is 20.2 Å². The van der Waals surface area contributed by atoms with Gasteiger partial charge in [0, 0.05) is 13.1 Å². The fourth-order valence-electron chi connectivity index (χ4n) is 1.50. The molecular weight excluding hydrogens is 302 g/mol. The van der Waals surface area contributed by atoms with Gasteiger partial charge in [-0.15, -0.1) is 0 Å². The molecule has 1 aromatic rings. The van der Waals surface area contributed by atoms with Gasteiger partial charge in [-0.1, -0.05) is 11.6 Å². The first kappa shape index (κ1) is 16.6. The second-order valence-corrected chi connectivity index (χ2v) is 4.50. The van der Waals surface area contributed by atoms with Gasteiger partial charge in [0.05, 0.1) is 17.8 Å². The van der Waals surface area contributed by atoms with Crippen molar-refractivity contribution in [3.05, 3.63) is 22.7 Å². The Morgan fingerprint density at radius 1 is 1.43 bits per heavy atom. The molecule has 0 aliphatic heterocycles. The number of nitrogens with one attached hydrogen (secondary N) is 1. The SMILES string of the molecule is COc1cc(NC(=O)N(C)CC(N)=O)c(Cl)cc1C(=O)O. The van der Waals surface area contributed by atoms with Crippen LogP contribution in [0.4, 0.5) is 10.5 Å². The molecule has 9 heteroatoms. The molecule has 0 saturated heterocycles. The van der Waals surface area contributed by atoms with E-state index in [0.29, 0.717) is 0 Å². The second kappa shape index (κ2) is 6.80. The van der Waals surface area contributed by atoms with Gasteiger partial charge in [-0.05, 0) is 6.07 Å². The van der Waals surface area contributed by atoms with Gasteiger partial charge in [0.2, 0.25) is 5.91 Å². The largest absolute Gasteiger partial charge is 0.496 e. The zero-order chi connectivity index (χ0) is 16.2. The number of aromatic carboxylic acids is 1. The number of benzene rings is 1.